The van der Waals surface area contributed by atoms with Crippen molar-refractivity contribution in [3.63, 3.8) is 0 Å². The Morgan fingerprint density at radius 3 is 2.61 bits per heavy atom. The Bertz CT molecular complexity index is 464. The van der Waals surface area contributed by atoms with Gasteiger partial charge in [0.1, 0.15) is 9.32 Å². The lowest BCUT2D eigenvalue weighted by atomic mass is 10.2. The zero-order valence-electron chi connectivity index (χ0n) is 8.92. The maximum absolute atomic E-state index is 12.1. The van der Waals surface area contributed by atoms with E-state index in [0.29, 0.717) is 0 Å². The van der Waals surface area contributed by atoms with E-state index in [-0.39, 0.29) is 14.9 Å². The van der Waals surface area contributed by atoms with Gasteiger partial charge in [-0.05, 0) is 22.6 Å². The summed E-state index contributed by atoms with van der Waals surface area (Å²) in [6.07, 6.45) is -4.29. The molecule has 100 valence electrons. The molecule has 18 heavy (non-hydrogen) atoms. The molecular weight excluding hydrogens is 370 g/mol. The molecule has 9 heteroatoms. The van der Waals surface area contributed by atoms with Gasteiger partial charge in [0, 0.05) is 11.8 Å². The molecule has 0 aliphatic rings. The zero-order valence-corrected chi connectivity index (χ0v) is 11.1. The molecule has 0 unspecified atom stereocenters. The Balaban J connectivity index is 3.15. The van der Waals surface area contributed by atoms with E-state index in [2.05, 4.69) is 9.72 Å². The SMILES string of the molecule is COc1c(CC(=O)O)cnc(OC(F)(F)F)c1I. The summed E-state index contributed by atoms with van der Waals surface area (Å²) in [4.78, 5) is 14.0. The fraction of sp³-hybridized carbons (Fsp3) is 0.333. The number of nitrogens with zero attached hydrogens (tertiary/aromatic N) is 1. The second-order valence-corrected chi connectivity index (χ2v) is 4.13. The largest absolute Gasteiger partial charge is 0.574 e. The van der Waals surface area contributed by atoms with Crippen molar-refractivity contribution in [3.8, 4) is 11.6 Å². The predicted molar refractivity (Wildman–Crippen MR) is 61.5 cm³/mol. The van der Waals surface area contributed by atoms with Crippen molar-refractivity contribution in [1.29, 1.82) is 0 Å². The molecular formula is C9H7F3INO4. The Kier molecular flexibility index (Phi) is 4.59. The minimum Gasteiger partial charge on any atom is -0.495 e. The summed E-state index contributed by atoms with van der Waals surface area (Å²) in [7, 11) is 1.22. The predicted octanol–water partition coefficient (Wildman–Crippen LogP) is 2.22. The van der Waals surface area contributed by atoms with Crippen molar-refractivity contribution in [1.82, 2.24) is 4.98 Å². The van der Waals surface area contributed by atoms with Crippen LogP contribution in [-0.4, -0.2) is 29.5 Å². The van der Waals surface area contributed by atoms with Gasteiger partial charge in [-0.25, -0.2) is 4.98 Å². The molecule has 0 saturated heterocycles. The highest BCUT2D eigenvalue weighted by Gasteiger charge is 2.33. The molecule has 0 aliphatic heterocycles. The van der Waals surface area contributed by atoms with Gasteiger partial charge in [-0.1, -0.05) is 0 Å². The average molecular weight is 377 g/mol. The number of halogens is 4. The van der Waals surface area contributed by atoms with Crippen LogP contribution < -0.4 is 9.47 Å². The monoisotopic (exact) mass is 377 g/mol. The summed E-state index contributed by atoms with van der Waals surface area (Å²) in [6.45, 7) is 0. The number of methoxy groups -OCH3 is 1. The van der Waals surface area contributed by atoms with E-state index in [1.165, 1.54) is 7.11 Å². The minimum atomic E-state index is -4.87. The number of ether oxygens (including phenoxy) is 2. The first-order valence-corrected chi connectivity index (χ1v) is 5.51. The molecule has 0 fully saturated rings. The number of alkyl halides is 3. The van der Waals surface area contributed by atoms with Crippen molar-refractivity contribution in [2.24, 2.45) is 0 Å². The summed E-state index contributed by atoms with van der Waals surface area (Å²) >= 11 is 1.55. The second-order valence-electron chi connectivity index (χ2n) is 3.05. The van der Waals surface area contributed by atoms with E-state index in [1.54, 1.807) is 22.6 Å². The van der Waals surface area contributed by atoms with Gasteiger partial charge < -0.3 is 14.6 Å². The van der Waals surface area contributed by atoms with Crippen LogP contribution in [0.1, 0.15) is 5.56 Å². The van der Waals surface area contributed by atoms with Crippen molar-refractivity contribution < 1.29 is 32.5 Å². The lowest BCUT2D eigenvalue weighted by Gasteiger charge is -2.13. The van der Waals surface area contributed by atoms with Gasteiger partial charge in [-0.2, -0.15) is 0 Å². The third kappa shape index (κ3) is 3.89. The lowest BCUT2D eigenvalue weighted by molar-refractivity contribution is -0.276. The van der Waals surface area contributed by atoms with E-state index < -0.39 is 24.6 Å². The quantitative estimate of drug-likeness (QED) is 0.816. The number of hydrogen-bond acceptors (Lipinski definition) is 4. The number of hydrogen-bond donors (Lipinski definition) is 1. The highest BCUT2D eigenvalue weighted by atomic mass is 127. The van der Waals surface area contributed by atoms with Crippen LogP contribution in [-0.2, 0) is 11.2 Å². The number of aromatic nitrogens is 1. The van der Waals surface area contributed by atoms with Crippen LogP contribution in [0.4, 0.5) is 13.2 Å². The van der Waals surface area contributed by atoms with Crippen LogP contribution in [0.3, 0.4) is 0 Å². The van der Waals surface area contributed by atoms with E-state index in [0.717, 1.165) is 6.20 Å². The van der Waals surface area contributed by atoms with Gasteiger partial charge in [0.15, 0.2) is 0 Å². The first-order chi connectivity index (χ1) is 8.24. The molecule has 0 atom stereocenters. The molecule has 0 radical (unpaired) electrons. The number of carboxylic acids is 1. The maximum atomic E-state index is 12.1. The Hall–Kier alpha value is -1.26. The molecule has 1 aromatic rings. The van der Waals surface area contributed by atoms with E-state index >= 15 is 0 Å². The zero-order chi connectivity index (χ0) is 13.9. The number of carboxylic acid groups (broad SMARTS) is 1. The molecule has 0 spiro atoms. The Labute approximate surface area is 113 Å². The van der Waals surface area contributed by atoms with Crippen LogP contribution in [0.15, 0.2) is 6.20 Å². The van der Waals surface area contributed by atoms with E-state index in [9.17, 15) is 18.0 Å². The van der Waals surface area contributed by atoms with Crippen LogP contribution in [0.5, 0.6) is 11.6 Å². The van der Waals surface area contributed by atoms with E-state index in [4.69, 9.17) is 9.84 Å². The summed E-state index contributed by atoms with van der Waals surface area (Å²) in [6, 6.07) is 0. The van der Waals surface area contributed by atoms with Crippen LogP contribution >= 0.6 is 22.6 Å². The summed E-state index contributed by atoms with van der Waals surface area (Å²) in [5.41, 5.74) is 0.170. The number of aliphatic carboxylic acids is 1. The third-order valence-electron chi connectivity index (χ3n) is 1.77. The summed E-state index contributed by atoms with van der Waals surface area (Å²) in [5, 5.41) is 8.64. The smallest absolute Gasteiger partial charge is 0.495 e. The molecule has 0 aromatic carbocycles. The van der Waals surface area contributed by atoms with Crippen molar-refractivity contribution in [2.45, 2.75) is 12.8 Å². The molecule has 1 aromatic heterocycles. The third-order valence-corrected chi connectivity index (χ3v) is 2.73. The topological polar surface area (TPSA) is 68.7 Å². The minimum absolute atomic E-state index is 0.00671. The molecule has 0 aliphatic carbocycles. The van der Waals surface area contributed by atoms with Crippen molar-refractivity contribution >= 4 is 28.6 Å². The molecule has 1 rings (SSSR count). The fourth-order valence-corrected chi connectivity index (χ4v) is 2.00. The number of pyridine rings is 1. The van der Waals surface area contributed by atoms with Gasteiger partial charge >= 0.3 is 12.3 Å². The highest BCUT2D eigenvalue weighted by molar-refractivity contribution is 14.1. The summed E-state index contributed by atoms with van der Waals surface area (Å²) < 4.78 is 44.7. The number of rotatable bonds is 4. The summed E-state index contributed by atoms with van der Waals surface area (Å²) in [5.74, 6) is -1.81. The van der Waals surface area contributed by atoms with Gasteiger partial charge in [0.25, 0.3) is 0 Å². The van der Waals surface area contributed by atoms with Gasteiger partial charge in [0.05, 0.1) is 13.5 Å². The standard InChI is InChI=1S/C9H7F3INO4/c1-17-7-4(2-5(15)16)3-14-8(6(7)13)18-9(10,11)12/h3H,2H2,1H3,(H,15,16). The van der Waals surface area contributed by atoms with Crippen molar-refractivity contribution in [2.75, 3.05) is 7.11 Å². The van der Waals surface area contributed by atoms with Gasteiger partial charge in [-0.15, -0.1) is 13.2 Å². The van der Waals surface area contributed by atoms with Crippen LogP contribution in [0, 0.1) is 3.57 Å². The van der Waals surface area contributed by atoms with Crippen molar-refractivity contribution in [3.05, 3.63) is 15.3 Å². The fourth-order valence-electron chi connectivity index (χ4n) is 1.18. The first-order valence-electron chi connectivity index (χ1n) is 4.43. The molecule has 0 bridgehead atoms. The Morgan fingerprint density at radius 1 is 1.56 bits per heavy atom. The molecule has 5 nitrogen and oxygen atoms in total. The first kappa shape index (κ1) is 14.8. The molecule has 1 N–H and O–H groups in total. The highest BCUT2D eigenvalue weighted by Crippen LogP contribution is 2.34. The lowest BCUT2D eigenvalue weighted by Crippen LogP contribution is -2.19. The normalized spacial score (nSPS) is 11.2. The average Bonchev–Trinajstić information content (AvgIpc) is 2.20. The van der Waals surface area contributed by atoms with Crippen LogP contribution in [0.2, 0.25) is 0 Å². The maximum Gasteiger partial charge on any atom is 0.574 e. The van der Waals surface area contributed by atoms with Crippen LogP contribution in [0.25, 0.3) is 0 Å². The molecule has 0 amide bonds. The van der Waals surface area contributed by atoms with E-state index in [1.807, 2.05) is 0 Å². The Morgan fingerprint density at radius 2 is 2.17 bits per heavy atom. The number of carbonyl (C=O) groups is 1. The second kappa shape index (κ2) is 5.59. The molecule has 0 saturated carbocycles. The van der Waals surface area contributed by atoms with Gasteiger partial charge in [0.2, 0.25) is 5.88 Å². The van der Waals surface area contributed by atoms with Gasteiger partial charge in [-0.3, -0.25) is 4.79 Å². The molecule has 1 heterocycles.